The summed E-state index contributed by atoms with van der Waals surface area (Å²) in [6.45, 7) is 2.90. The van der Waals surface area contributed by atoms with Crippen molar-refractivity contribution in [3.8, 4) is 0 Å². The van der Waals surface area contributed by atoms with Crippen LogP contribution in [0, 0.1) is 5.82 Å². The molecule has 2 aromatic carbocycles. The van der Waals surface area contributed by atoms with Gasteiger partial charge < -0.3 is 24.6 Å². The van der Waals surface area contributed by atoms with Crippen LogP contribution in [0.4, 0.5) is 15.8 Å². The number of carbonyl (C=O) groups excluding carboxylic acids is 2. The summed E-state index contributed by atoms with van der Waals surface area (Å²) in [6, 6.07) is 12.7. The van der Waals surface area contributed by atoms with Crippen LogP contribution >= 0.6 is 0 Å². The van der Waals surface area contributed by atoms with E-state index in [4.69, 9.17) is 9.47 Å². The monoisotopic (exact) mass is 413 g/mol. The van der Waals surface area contributed by atoms with Crippen LogP contribution in [0.3, 0.4) is 0 Å². The number of likely N-dealkylation sites (N-methyl/N-ethyl adjacent to an activating group) is 1. The summed E-state index contributed by atoms with van der Waals surface area (Å²) in [5.74, 6) is -0.975. The Morgan fingerprint density at radius 1 is 1.07 bits per heavy atom. The van der Waals surface area contributed by atoms with Crippen LogP contribution in [-0.4, -0.2) is 62.8 Å². The van der Waals surface area contributed by atoms with Crippen molar-refractivity contribution in [2.45, 2.75) is 12.1 Å². The summed E-state index contributed by atoms with van der Waals surface area (Å²) in [5.41, 5.74) is 2.34. The van der Waals surface area contributed by atoms with Crippen molar-refractivity contribution in [1.29, 1.82) is 0 Å². The molecule has 30 heavy (non-hydrogen) atoms. The fraction of sp³-hybridized carbons (Fsp3) is 0.364. The molecule has 8 heteroatoms. The molecule has 0 spiro atoms. The van der Waals surface area contributed by atoms with Gasteiger partial charge in [0.05, 0.1) is 19.3 Å². The summed E-state index contributed by atoms with van der Waals surface area (Å²) in [6.07, 6.45) is -0.905. The molecule has 0 radical (unpaired) electrons. The Labute approximate surface area is 174 Å². The van der Waals surface area contributed by atoms with Crippen molar-refractivity contribution >= 4 is 23.2 Å². The van der Waals surface area contributed by atoms with Crippen LogP contribution in [0.25, 0.3) is 0 Å². The van der Waals surface area contributed by atoms with E-state index in [0.717, 1.165) is 18.8 Å². The van der Waals surface area contributed by atoms with Gasteiger partial charge in [-0.05, 0) is 42.0 Å². The number of benzene rings is 2. The standard InChI is InChI=1S/C22H24FN3O4/c1-25-19(27)14-30-21(20(25)15-2-4-16(23)5-3-15)22(28)24-17-6-8-18(9-7-17)26-10-12-29-13-11-26/h2-9,20-21H,10-14H2,1H3,(H,24,28)/t20-,21-/m0/s1. The quantitative estimate of drug-likeness (QED) is 0.832. The zero-order valence-corrected chi connectivity index (χ0v) is 16.7. The molecule has 0 unspecified atom stereocenters. The molecule has 2 aliphatic rings. The van der Waals surface area contributed by atoms with Gasteiger partial charge in [0.25, 0.3) is 5.91 Å². The topological polar surface area (TPSA) is 71.1 Å². The van der Waals surface area contributed by atoms with Gasteiger partial charge in [-0.2, -0.15) is 0 Å². The third-order valence-corrected chi connectivity index (χ3v) is 5.46. The normalized spacial score (nSPS) is 22.1. The SMILES string of the molecule is CN1C(=O)CO[C@H](C(=O)Nc2ccc(N3CCOCC3)cc2)[C@@H]1c1ccc(F)cc1. The lowest BCUT2D eigenvalue weighted by molar-refractivity contribution is -0.160. The van der Waals surface area contributed by atoms with E-state index in [0.29, 0.717) is 24.5 Å². The number of halogens is 1. The van der Waals surface area contributed by atoms with E-state index >= 15 is 0 Å². The van der Waals surface area contributed by atoms with Gasteiger partial charge in [0, 0.05) is 31.5 Å². The number of ether oxygens (including phenoxy) is 2. The second-order valence-electron chi connectivity index (χ2n) is 7.37. The molecule has 2 atom stereocenters. The molecule has 158 valence electrons. The van der Waals surface area contributed by atoms with Crippen LogP contribution < -0.4 is 10.2 Å². The van der Waals surface area contributed by atoms with Crippen LogP contribution in [0.15, 0.2) is 48.5 Å². The third-order valence-electron chi connectivity index (χ3n) is 5.46. The van der Waals surface area contributed by atoms with E-state index in [9.17, 15) is 14.0 Å². The zero-order valence-electron chi connectivity index (χ0n) is 16.7. The summed E-state index contributed by atoms with van der Waals surface area (Å²) in [4.78, 5) is 28.8. The van der Waals surface area contributed by atoms with Crippen molar-refractivity contribution in [2.24, 2.45) is 0 Å². The molecule has 2 heterocycles. The molecular formula is C22H24FN3O4. The Kier molecular flexibility index (Phi) is 5.96. The van der Waals surface area contributed by atoms with Gasteiger partial charge in [-0.1, -0.05) is 12.1 Å². The van der Waals surface area contributed by atoms with Crippen LogP contribution in [0.1, 0.15) is 11.6 Å². The highest BCUT2D eigenvalue weighted by Crippen LogP contribution is 2.30. The maximum atomic E-state index is 13.3. The molecule has 7 nitrogen and oxygen atoms in total. The highest BCUT2D eigenvalue weighted by molar-refractivity contribution is 5.96. The Morgan fingerprint density at radius 3 is 2.40 bits per heavy atom. The Bertz CT molecular complexity index is 898. The molecule has 2 fully saturated rings. The second-order valence-corrected chi connectivity index (χ2v) is 7.37. The average Bonchev–Trinajstić information content (AvgIpc) is 2.77. The zero-order chi connectivity index (χ0) is 21.1. The van der Waals surface area contributed by atoms with E-state index in [1.165, 1.54) is 17.0 Å². The lowest BCUT2D eigenvalue weighted by Crippen LogP contribution is -2.51. The maximum absolute atomic E-state index is 13.3. The number of hydrogen-bond acceptors (Lipinski definition) is 5. The van der Waals surface area contributed by atoms with E-state index in [-0.39, 0.29) is 24.2 Å². The molecule has 2 aromatic rings. The number of rotatable bonds is 4. The average molecular weight is 413 g/mol. The van der Waals surface area contributed by atoms with E-state index in [1.54, 1.807) is 19.2 Å². The highest BCUT2D eigenvalue weighted by Gasteiger charge is 2.40. The van der Waals surface area contributed by atoms with Crippen molar-refractivity contribution in [3.63, 3.8) is 0 Å². The molecule has 0 aliphatic carbocycles. The summed E-state index contributed by atoms with van der Waals surface area (Å²) in [7, 11) is 1.62. The third kappa shape index (κ3) is 4.29. The molecule has 2 aliphatic heterocycles. The first-order chi connectivity index (χ1) is 14.5. The smallest absolute Gasteiger partial charge is 0.256 e. The number of nitrogens with zero attached hydrogens (tertiary/aromatic N) is 2. The molecule has 2 saturated heterocycles. The van der Waals surface area contributed by atoms with E-state index < -0.39 is 12.1 Å². The van der Waals surface area contributed by atoms with Crippen LogP contribution in [0.5, 0.6) is 0 Å². The Hall–Kier alpha value is -2.97. The van der Waals surface area contributed by atoms with Gasteiger partial charge in [-0.3, -0.25) is 9.59 Å². The maximum Gasteiger partial charge on any atom is 0.256 e. The van der Waals surface area contributed by atoms with Gasteiger partial charge in [-0.25, -0.2) is 4.39 Å². The second kappa shape index (κ2) is 8.81. The van der Waals surface area contributed by atoms with Crippen molar-refractivity contribution in [1.82, 2.24) is 4.90 Å². The molecular weight excluding hydrogens is 389 g/mol. The first kappa shape index (κ1) is 20.3. The number of hydrogen-bond donors (Lipinski definition) is 1. The molecule has 0 aromatic heterocycles. The Balaban J connectivity index is 1.49. The molecule has 0 saturated carbocycles. The Morgan fingerprint density at radius 2 is 1.73 bits per heavy atom. The van der Waals surface area contributed by atoms with E-state index in [2.05, 4.69) is 10.2 Å². The van der Waals surface area contributed by atoms with Crippen LogP contribution in [-0.2, 0) is 19.1 Å². The number of nitrogens with one attached hydrogen (secondary N) is 1. The number of morpholine rings is 2. The number of amides is 2. The fourth-order valence-corrected chi connectivity index (χ4v) is 3.78. The van der Waals surface area contributed by atoms with Gasteiger partial charge in [0.15, 0.2) is 6.10 Å². The van der Waals surface area contributed by atoms with E-state index in [1.807, 2.05) is 24.3 Å². The fourth-order valence-electron chi connectivity index (χ4n) is 3.78. The molecule has 2 amide bonds. The molecule has 1 N–H and O–H groups in total. The lowest BCUT2D eigenvalue weighted by atomic mass is 9.97. The largest absolute Gasteiger partial charge is 0.378 e. The van der Waals surface area contributed by atoms with Gasteiger partial charge in [0.1, 0.15) is 12.4 Å². The van der Waals surface area contributed by atoms with Crippen molar-refractivity contribution < 1.29 is 23.5 Å². The van der Waals surface area contributed by atoms with Gasteiger partial charge in [0.2, 0.25) is 5.91 Å². The molecule has 0 bridgehead atoms. The minimum Gasteiger partial charge on any atom is -0.378 e. The number of carbonyl (C=O) groups is 2. The summed E-state index contributed by atoms with van der Waals surface area (Å²) >= 11 is 0. The van der Waals surface area contributed by atoms with Crippen molar-refractivity contribution in [2.75, 3.05) is 50.2 Å². The summed E-state index contributed by atoms with van der Waals surface area (Å²) in [5, 5.41) is 2.87. The molecule has 4 rings (SSSR count). The number of anilines is 2. The predicted octanol–water partition coefficient (Wildman–Crippen LogP) is 2.20. The van der Waals surface area contributed by atoms with Crippen molar-refractivity contribution in [3.05, 3.63) is 59.9 Å². The summed E-state index contributed by atoms with van der Waals surface area (Å²) < 4.78 is 24.3. The van der Waals surface area contributed by atoms with Gasteiger partial charge in [-0.15, -0.1) is 0 Å². The van der Waals surface area contributed by atoms with Crippen LogP contribution in [0.2, 0.25) is 0 Å². The van der Waals surface area contributed by atoms with Gasteiger partial charge >= 0.3 is 0 Å². The first-order valence-corrected chi connectivity index (χ1v) is 9.89. The minimum absolute atomic E-state index is 0.178. The first-order valence-electron chi connectivity index (χ1n) is 9.89. The highest BCUT2D eigenvalue weighted by atomic mass is 19.1. The minimum atomic E-state index is -0.905. The predicted molar refractivity (Wildman–Crippen MR) is 110 cm³/mol. The lowest BCUT2D eigenvalue weighted by Gasteiger charge is -2.38.